The molecule has 1 unspecified atom stereocenters. The number of nitrogens with one attached hydrogen (secondary N) is 1. The molecule has 0 aliphatic heterocycles. The molecule has 1 amide bonds. The van der Waals surface area contributed by atoms with Crippen molar-refractivity contribution in [1.29, 1.82) is 0 Å². The van der Waals surface area contributed by atoms with Crippen LogP contribution in [0.15, 0.2) is 30.5 Å². The molecule has 1 heterocycles. The molecule has 0 aliphatic rings. The normalized spacial score (nSPS) is 11.7. The number of carbonyl (C=O) groups is 1. The van der Waals surface area contributed by atoms with Crippen LogP contribution >= 0.6 is 0 Å². The highest BCUT2D eigenvalue weighted by molar-refractivity contribution is 5.95. The lowest BCUT2D eigenvalue weighted by atomic mass is 10.1. The molecule has 2 rings (SSSR count). The molecule has 0 radical (unpaired) electrons. The van der Waals surface area contributed by atoms with Gasteiger partial charge in [-0.2, -0.15) is 0 Å². The van der Waals surface area contributed by atoms with E-state index in [-0.39, 0.29) is 12.5 Å². The first kappa shape index (κ1) is 17.7. The highest BCUT2D eigenvalue weighted by atomic mass is 16.5. The minimum Gasteiger partial charge on any atom is -0.493 e. The van der Waals surface area contributed by atoms with Gasteiger partial charge in [-0.15, -0.1) is 0 Å². The molecule has 0 spiro atoms. The first-order valence-electron chi connectivity index (χ1n) is 7.39. The van der Waals surface area contributed by atoms with Crippen molar-refractivity contribution in [2.24, 2.45) is 7.05 Å². The van der Waals surface area contributed by atoms with Gasteiger partial charge in [-0.1, -0.05) is 0 Å². The van der Waals surface area contributed by atoms with Crippen LogP contribution in [-0.4, -0.2) is 43.5 Å². The van der Waals surface area contributed by atoms with Crippen molar-refractivity contribution in [2.75, 3.05) is 27.9 Å². The molecule has 0 saturated heterocycles. The fourth-order valence-electron chi connectivity index (χ4n) is 2.43. The van der Waals surface area contributed by atoms with E-state index < -0.39 is 6.10 Å². The van der Waals surface area contributed by atoms with Gasteiger partial charge in [-0.3, -0.25) is 4.79 Å². The van der Waals surface area contributed by atoms with Crippen molar-refractivity contribution < 1.29 is 24.1 Å². The van der Waals surface area contributed by atoms with E-state index in [0.717, 1.165) is 5.69 Å². The first-order valence-corrected chi connectivity index (χ1v) is 7.39. The van der Waals surface area contributed by atoms with Crippen LogP contribution in [0.2, 0.25) is 0 Å². The molecule has 7 heteroatoms. The summed E-state index contributed by atoms with van der Waals surface area (Å²) in [5.74, 6) is 0.859. The van der Waals surface area contributed by atoms with Gasteiger partial charge in [0.05, 0.1) is 21.3 Å². The van der Waals surface area contributed by atoms with Crippen LogP contribution in [-0.2, 0) is 7.05 Å². The van der Waals surface area contributed by atoms with E-state index in [2.05, 4.69) is 5.32 Å². The van der Waals surface area contributed by atoms with Gasteiger partial charge in [0, 0.05) is 31.0 Å². The SMILES string of the molecule is COc1cc(C(=O)NCC(O)c2cccn2C)cc(OC)c1OC. The maximum absolute atomic E-state index is 12.4. The molecule has 24 heavy (non-hydrogen) atoms. The number of carbonyl (C=O) groups excluding carboxylic acids is 1. The molecule has 0 bridgehead atoms. The quantitative estimate of drug-likeness (QED) is 0.802. The fourth-order valence-corrected chi connectivity index (χ4v) is 2.43. The van der Waals surface area contributed by atoms with Crippen LogP contribution in [0.4, 0.5) is 0 Å². The number of amides is 1. The highest BCUT2D eigenvalue weighted by Crippen LogP contribution is 2.38. The molecule has 0 aliphatic carbocycles. The van der Waals surface area contributed by atoms with E-state index in [1.54, 1.807) is 22.8 Å². The maximum Gasteiger partial charge on any atom is 0.251 e. The molecule has 1 atom stereocenters. The van der Waals surface area contributed by atoms with Crippen molar-refractivity contribution >= 4 is 5.91 Å². The van der Waals surface area contributed by atoms with E-state index in [9.17, 15) is 9.90 Å². The summed E-state index contributed by atoms with van der Waals surface area (Å²) in [6, 6.07) is 6.76. The number of aryl methyl sites for hydroxylation is 1. The largest absolute Gasteiger partial charge is 0.493 e. The predicted molar refractivity (Wildman–Crippen MR) is 88.8 cm³/mol. The van der Waals surface area contributed by atoms with Crippen molar-refractivity contribution in [2.45, 2.75) is 6.10 Å². The Bertz CT molecular complexity index is 686. The van der Waals surface area contributed by atoms with Crippen molar-refractivity contribution in [3.8, 4) is 17.2 Å². The number of ether oxygens (including phenoxy) is 3. The summed E-state index contributed by atoms with van der Waals surface area (Å²) in [5.41, 5.74) is 1.07. The molecule has 0 fully saturated rings. The van der Waals surface area contributed by atoms with Gasteiger partial charge in [0.25, 0.3) is 5.91 Å². The van der Waals surface area contributed by atoms with E-state index >= 15 is 0 Å². The lowest BCUT2D eigenvalue weighted by molar-refractivity contribution is 0.0911. The van der Waals surface area contributed by atoms with Crippen LogP contribution in [0.25, 0.3) is 0 Å². The minimum atomic E-state index is -0.795. The Morgan fingerprint density at radius 3 is 2.29 bits per heavy atom. The summed E-state index contributed by atoms with van der Waals surface area (Å²) >= 11 is 0. The third-order valence-electron chi connectivity index (χ3n) is 3.71. The van der Waals surface area contributed by atoms with Gasteiger partial charge in [0.2, 0.25) is 5.75 Å². The van der Waals surface area contributed by atoms with Crippen molar-refractivity contribution in [3.05, 3.63) is 41.7 Å². The maximum atomic E-state index is 12.4. The van der Waals surface area contributed by atoms with Crippen LogP contribution in [0.1, 0.15) is 22.2 Å². The fraction of sp³-hybridized carbons (Fsp3) is 0.353. The van der Waals surface area contributed by atoms with Crippen LogP contribution in [0.5, 0.6) is 17.2 Å². The molecule has 7 nitrogen and oxygen atoms in total. The smallest absolute Gasteiger partial charge is 0.251 e. The topological polar surface area (TPSA) is 82.0 Å². The third-order valence-corrected chi connectivity index (χ3v) is 3.71. The van der Waals surface area contributed by atoms with Crippen LogP contribution in [0, 0.1) is 0 Å². The number of rotatable bonds is 7. The van der Waals surface area contributed by atoms with Crippen LogP contribution < -0.4 is 19.5 Å². The van der Waals surface area contributed by atoms with E-state index in [0.29, 0.717) is 22.8 Å². The Balaban J connectivity index is 2.13. The number of aliphatic hydroxyl groups is 1. The Morgan fingerprint density at radius 2 is 1.83 bits per heavy atom. The Hall–Kier alpha value is -2.67. The van der Waals surface area contributed by atoms with E-state index in [1.165, 1.54) is 21.3 Å². The second-order valence-corrected chi connectivity index (χ2v) is 5.18. The summed E-state index contributed by atoms with van der Waals surface area (Å²) in [4.78, 5) is 12.4. The minimum absolute atomic E-state index is 0.0906. The molecular formula is C17H22N2O5. The van der Waals surface area contributed by atoms with E-state index in [1.807, 2.05) is 19.3 Å². The Labute approximate surface area is 140 Å². The molecule has 2 aromatic rings. The molecule has 130 valence electrons. The monoisotopic (exact) mass is 334 g/mol. The summed E-state index contributed by atoms with van der Waals surface area (Å²) in [6.07, 6.45) is 1.04. The average Bonchev–Trinajstić information content (AvgIpc) is 3.03. The summed E-state index contributed by atoms with van der Waals surface area (Å²) in [5, 5.41) is 12.9. The molecular weight excluding hydrogens is 312 g/mol. The molecule has 2 N–H and O–H groups in total. The summed E-state index contributed by atoms with van der Waals surface area (Å²) in [7, 11) is 6.30. The average molecular weight is 334 g/mol. The van der Waals surface area contributed by atoms with Gasteiger partial charge in [0.15, 0.2) is 11.5 Å². The van der Waals surface area contributed by atoms with Crippen LogP contribution in [0.3, 0.4) is 0 Å². The third kappa shape index (κ3) is 3.62. The molecule has 0 saturated carbocycles. The Kier molecular flexibility index (Phi) is 5.70. The molecule has 1 aromatic heterocycles. The zero-order valence-electron chi connectivity index (χ0n) is 14.2. The number of aromatic nitrogens is 1. The molecule has 1 aromatic carbocycles. The number of nitrogens with zero attached hydrogens (tertiary/aromatic N) is 1. The number of hydrogen-bond acceptors (Lipinski definition) is 5. The van der Waals surface area contributed by atoms with E-state index in [4.69, 9.17) is 14.2 Å². The van der Waals surface area contributed by atoms with Gasteiger partial charge >= 0.3 is 0 Å². The lowest BCUT2D eigenvalue weighted by Crippen LogP contribution is -2.29. The first-order chi connectivity index (χ1) is 11.5. The van der Waals surface area contributed by atoms with Gasteiger partial charge in [-0.25, -0.2) is 0 Å². The summed E-state index contributed by atoms with van der Waals surface area (Å²) < 4.78 is 17.5. The zero-order chi connectivity index (χ0) is 17.7. The number of methoxy groups -OCH3 is 3. The number of benzene rings is 1. The second-order valence-electron chi connectivity index (χ2n) is 5.18. The number of hydrogen-bond donors (Lipinski definition) is 2. The standard InChI is InChI=1S/C17H22N2O5/c1-19-7-5-6-12(19)13(20)10-18-17(21)11-8-14(22-2)16(24-4)15(9-11)23-3/h5-9,13,20H,10H2,1-4H3,(H,18,21). The van der Waals surface area contributed by atoms with Gasteiger partial charge in [-0.05, 0) is 24.3 Å². The highest BCUT2D eigenvalue weighted by Gasteiger charge is 2.18. The Morgan fingerprint density at radius 1 is 1.21 bits per heavy atom. The zero-order valence-corrected chi connectivity index (χ0v) is 14.2. The predicted octanol–water partition coefficient (Wildman–Crippen LogP) is 1.51. The van der Waals surface area contributed by atoms with Gasteiger partial charge in [0.1, 0.15) is 6.10 Å². The lowest BCUT2D eigenvalue weighted by Gasteiger charge is -2.15. The van der Waals surface area contributed by atoms with Crippen molar-refractivity contribution in [3.63, 3.8) is 0 Å². The second kappa shape index (κ2) is 7.74. The summed E-state index contributed by atoms with van der Waals surface area (Å²) in [6.45, 7) is 0.0906. The van der Waals surface area contributed by atoms with Crippen molar-refractivity contribution in [1.82, 2.24) is 9.88 Å². The number of aliphatic hydroxyl groups excluding tert-OH is 1. The van der Waals surface area contributed by atoms with Gasteiger partial charge < -0.3 is 29.2 Å².